The third-order valence-electron chi connectivity index (χ3n) is 3.40. The Balaban J connectivity index is 2.12. The second kappa shape index (κ2) is 6.75. The highest BCUT2D eigenvalue weighted by Crippen LogP contribution is 2.24. The molecule has 3 nitrogen and oxygen atoms in total. The molecule has 0 unspecified atom stereocenters. The van der Waals surface area contributed by atoms with Crippen molar-refractivity contribution in [3.8, 4) is 5.75 Å². The number of rotatable bonds is 5. The summed E-state index contributed by atoms with van der Waals surface area (Å²) < 4.78 is 0. The number of nitrogens with one attached hydrogen (secondary N) is 1. The number of anilines is 1. The highest BCUT2D eigenvalue weighted by Gasteiger charge is 2.06. The Morgan fingerprint density at radius 3 is 2.65 bits per heavy atom. The van der Waals surface area contributed by atoms with Crippen LogP contribution in [0.2, 0.25) is 0 Å². The van der Waals surface area contributed by atoms with Gasteiger partial charge in [-0.05, 0) is 42.2 Å². The maximum Gasteiger partial charge on any atom is 0.124 e. The number of benzene rings is 2. The number of hydrogen-bond acceptors (Lipinski definition) is 3. The van der Waals surface area contributed by atoms with E-state index in [9.17, 15) is 5.11 Å². The zero-order valence-corrected chi connectivity index (χ0v) is 11.9. The second-order valence-corrected chi connectivity index (χ2v) is 4.86. The van der Waals surface area contributed by atoms with Crippen LogP contribution < -0.4 is 5.43 Å². The summed E-state index contributed by atoms with van der Waals surface area (Å²) in [5, 5.41) is 14.0. The van der Waals surface area contributed by atoms with Crippen molar-refractivity contribution in [2.24, 2.45) is 5.10 Å². The van der Waals surface area contributed by atoms with E-state index in [1.165, 1.54) is 5.56 Å². The molecule has 0 spiro atoms. The maximum atomic E-state index is 9.87. The zero-order chi connectivity index (χ0) is 14.4. The number of phenolic OH excluding ortho intramolecular Hbond substituents is 1. The normalized spacial score (nSPS) is 12.5. The Morgan fingerprint density at radius 2 is 1.95 bits per heavy atom. The van der Waals surface area contributed by atoms with Crippen LogP contribution in [0.15, 0.2) is 53.6 Å². The highest BCUT2D eigenvalue weighted by atomic mass is 16.3. The summed E-state index contributed by atoms with van der Waals surface area (Å²) in [6.07, 6.45) is 2.72. The Hall–Kier alpha value is -2.29. The number of hydrogen-bond donors (Lipinski definition) is 2. The fraction of sp³-hybridized carbons (Fsp3) is 0.235. The van der Waals surface area contributed by atoms with Crippen molar-refractivity contribution in [1.82, 2.24) is 0 Å². The first-order valence-electron chi connectivity index (χ1n) is 6.87. The SMILES string of the molecule is CC[C@H](C)c1ccc(O)c(/C=N/Nc2ccccc2)c1. The standard InChI is InChI=1S/C17H20N2O/c1-3-13(2)14-9-10-17(20)15(11-14)12-18-19-16-7-5-4-6-8-16/h4-13,19-20H,3H2,1-2H3/b18-12+/t13-/m0/s1. The Labute approximate surface area is 120 Å². The molecule has 0 saturated carbocycles. The summed E-state index contributed by atoms with van der Waals surface area (Å²) in [5.74, 6) is 0.723. The topological polar surface area (TPSA) is 44.6 Å². The van der Waals surface area contributed by atoms with Gasteiger partial charge in [0.15, 0.2) is 0 Å². The third-order valence-corrected chi connectivity index (χ3v) is 3.40. The monoisotopic (exact) mass is 268 g/mol. The molecule has 2 N–H and O–H groups in total. The van der Waals surface area contributed by atoms with Crippen molar-refractivity contribution in [1.29, 1.82) is 0 Å². The van der Waals surface area contributed by atoms with Crippen LogP contribution in [-0.4, -0.2) is 11.3 Å². The lowest BCUT2D eigenvalue weighted by molar-refractivity contribution is 0.474. The van der Waals surface area contributed by atoms with Crippen molar-refractivity contribution in [2.75, 3.05) is 5.43 Å². The van der Waals surface area contributed by atoms with Gasteiger partial charge in [-0.3, -0.25) is 5.43 Å². The lowest BCUT2D eigenvalue weighted by Gasteiger charge is -2.10. The number of hydrazone groups is 1. The van der Waals surface area contributed by atoms with Gasteiger partial charge in [-0.15, -0.1) is 0 Å². The quantitative estimate of drug-likeness (QED) is 0.625. The van der Waals surface area contributed by atoms with Crippen LogP contribution in [0.25, 0.3) is 0 Å². The molecule has 0 aliphatic heterocycles. The van der Waals surface area contributed by atoms with Gasteiger partial charge in [-0.1, -0.05) is 38.1 Å². The van der Waals surface area contributed by atoms with E-state index in [0.29, 0.717) is 5.92 Å². The van der Waals surface area contributed by atoms with Crippen LogP contribution in [0.5, 0.6) is 5.75 Å². The van der Waals surface area contributed by atoms with Crippen molar-refractivity contribution in [2.45, 2.75) is 26.2 Å². The van der Waals surface area contributed by atoms with Crippen molar-refractivity contribution in [3.05, 3.63) is 59.7 Å². The van der Waals surface area contributed by atoms with Crippen LogP contribution in [-0.2, 0) is 0 Å². The van der Waals surface area contributed by atoms with E-state index in [-0.39, 0.29) is 5.75 Å². The molecule has 0 aromatic heterocycles. The molecule has 104 valence electrons. The molecule has 0 fully saturated rings. The average molecular weight is 268 g/mol. The maximum absolute atomic E-state index is 9.87. The van der Waals surface area contributed by atoms with E-state index in [1.807, 2.05) is 42.5 Å². The lowest BCUT2D eigenvalue weighted by Crippen LogP contribution is -1.95. The first kappa shape index (κ1) is 14.1. The average Bonchev–Trinajstić information content (AvgIpc) is 2.49. The van der Waals surface area contributed by atoms with Gasteiger partial charge in [-0.2, -0.15) is 5.10 Å². The minimum absolute atomic E-state index is 0.246. The first-order valence-corrected chi connectivity index (χ1v) is 6.87. The molecular weight excluding hydrogens is 248 g/mol. The van der Waals surface area contributed by atoms with Crippen LogP contribution in [0.4, 0.5) is 5.69 Å². The minimum atomic E-state index is 0.246. The van der Waals surface area contributed by atoms with E-state index in [2.05, 4.69) is 24.4 Å². The molecular formula is C17H20N2O. The predicted molar refractivity (Wildman–Crippen MR) is 84.5 cm³/mol. The predicted octanol–water partition coefficient (Wildman–Crippen LogP) is 4.35. The molecule has 3 heteroatoms. The fourth-order valence-electron chi connectivity index (χ4n) is 1.91. The van der Waals surface area contributed by atoms with Gasteiger partial charge in [0.1, 0.15) is 5.75 Å². The molecule has 0 heterocycles. The van der Waals surface area contributed by atoms with Gasteiger partial charge >= 0.3 is 0 Å². The van der Waals surface area contributed by atoms with E-state index in [1.54, 1.807) is 12.3 Å². The van der Waals surface area contributed by atoms with Crippen LogP contribution >= 0.6 is 0 Å². The first-order chi connectivity index (χ1) is 9.70. The smallest absolute Gasteiger partial charge is 0.124 e. The molecule has 0 saturated heterocycles. The van der Waals surface area contributed by atoms with Gasteiger partial charge in [0, 0.05) is 5.56 Å². The van der Waals surface area contributed by atoms with Crippen molar-refractivity contribution < 1.29 is 5.11 Å². The summed E-state index contributed by atoms with van der Waals surface area (Å²) in [5.41, 5.74) is 5.80. The van der Waals surface area contributed by atoms with E-state index >= 15 is 0 Å². The van der Waals surface area contributed by atoms with E-state index in [0.717, 1.165) is 17.7 Å². The number of phenols is 1. The Morgan fingerprint density at radius 1 is 1.20 bits per heavy atom. The molecule has 20 heavy (non-hydrogen) atoms. The second-order valence-electron chi connectivity index (χ2n) is 4.86. The largest absolute Gasteiger partial charge is 0.507 e. The molecule has 0 aliphatic rings. The van der Waals surface area contributed by atoms with Crippen molar-refractivity contribution >= 4 is 11.9 Å². The van der Waals surface area contributed by atoms with Gasteiger partial charge in [0.2, 0.25) is 0 Å². The summed E-state index contributed by atoms with van der Waals surface area (Å²) in [4.78, 5) is 0. The van der Waals surface area contributed by atoms with Crippen molar-refractivity contribution in [3.63, 3.8) is 0 Å². The molecule has 0 aliphatic carbocycles. The Bertz CT molecular complexity index is 579. The van der Waals surface area contributed by atoms with E-state index in [4.69, 9.17) is 0 Å². The van der Waals surface area contributed by atoms with Gasteiger partial charge < -0.3 is 5.11 Å². The van der Waals surface area contributed by atoms with Crippen LogP contribution in [0.3, 0.4) is 0 Å². The van der Waals surface area contributed by atoms with Crippen LogP contribution in [0, 0.1) is 0 Å². The van der Waals surface area contributed by atoms with Gasteiger partial charge in [-0.25, -0.2) is 0 Å². The molecule has 0 amide bonds. The molecule has 2 aromatic rings. The summed E-state index contributed by atoms with van der Waals surface area (Å²) in [7, 11) is 0. The fourth-order valence-corrected chi connectivity index (χ4v) is 1.91. The summed E-state index contributed by atoms with van der Waals surface area (Å²) in [6.45, 7) is 4.33. The molecule has 0 radical (unpaired) electrons. The van der Waals surface area contributed by atoms with E-state index < -0.39 is 0 Å². The molecule has 2 aromatic carbocycles. The molecule has 1 atom stereocenters. The van der Waals surface area contributed by atoms with Gasteiger partial charge in [0.05, 0.1) is 11.9 Å². The summed E-state index contributed by atoms with van der Waals surface area (Å²) in [6, 6.07) is 15.4. The van der Waals surface area contributed by atoms with Gasteiger partial charge in [0.25, 0.3) is 0 Å². The Kier molecular flexibility index (Phi) is 4.77. The molecule has 2 rings (SSSR count). The zero-order valence-electron chi connectivity index (χ0n) is 11.9. The minimum Gasteiger partial charge on any atom is -0.507 e. The summed E-state index contributed by atoms with van der Waals surface area (Å²) >= 11 is 0. The number of aromatic hydroxyl groups is 1. The number of nitrogens with zero attached hydrogens (tertiary/aromatic N) is 1. The number of para-hydroxylation sites is 1. The third kappa shape index (κ3) is 3.60. The lowest BCUT2D eigenvalue weighted by atomic mass is 9.97. The van der Waals surface area contributed by atoms with Crippen LogP contribution in [0.1, 0.15) is 37.3 Å². The molecule has 0 bridgehead atoms. The highest BCUT2D eigenvalue weighted by molar-refractivity contribution is 5.84.